The predicted molar refractivity (Wildman–Crippen MR) is 127 cm³/mol. The Morgan fingerprint density at radius 2 is 1.71 bits per heavy atom. The van der Waals surface area contributed by atoms with Crippen molar-refractivity contribution in [3.05, 3.63) is 78.6 Å². The highest BCUT2D eigenvalue weighted by Gasteiger charge is 2.27. The molecule has 4 aromatic rings. The fourth-order valence-corrected chi connectivity index (χ4v) is 3.62. The number of benzene rings is 2. The third kappa shape index (κ3) is 5.97. The zero-order valence-electron chi connectivity index (χ0n) is 18.7. The molecule has 0 fully saturated rings. The lowest BCUT2D eigenvalue weighted by Crippen LogP contribution is -2.36. The standard InChI is InChI=1S/C25H22F3N5O2/c1-29-23(34)11-16-4-2-5-17(10-16)18-8-9-33-21(14-30-22(33)13-18)19-6-3-7-20(12-19)32-24(35)31-15-25(26,27)28/h2-10,12-14H,11,15H2,1H3,(H,29,34)(H2,31,32,35). The van der Waals surface area contributed by atoms with E-state index >= 15 is 0 Å². The molecule has 2 aromatic heterocycles. The number of aromatic nitrogens is 2. The summed E-state index contributed by atoms with van der Waals surface area (Å²) in [6.45, 7) is -1.41. The first-order valence-corrected chi connectivity index (χ1v) is 10.7. The lowest BCUT2D eigenvalue weighted by molar-refractivity contribution is -0.122. The molecule has 4 rings (SSSR count). The second-order valence-electron chi connectivity index (χ2n) is 7.84. The van der Waals surface area contributed by atoms with Gasteiger partial charge in [0.25, 0.3) is 0 Å². The monoisotopic (exact) mass is 481 g/mol. The highest BCUT2D eigenvalue weighted by Crippen LogP contribution is 2.27. The molecule has 0 spiro atoms. The summed E-state index contributed by atoms with van der Waals surface area (Å²) in [5.74, 6) is -0.0648. The van der Waals surface area contributed by atoms with Crippen LogP contribution in [0.25, 0.3) is 28.0 Å². The van der Waals surface area contributed by atoms with Crippen LogP contribution in [0.15, 0.2) is 73.1 Å². The molecule has 3 amide bonds. The number of halogens is 3. The average molecular weight is 481 g/mol. The number of likely N-dealkylation sites (N-methyl/N-ethyl adjacent to an activating group) is 1. The topological polar surface area (TPSA) is 87.5 Å². The number of hydrogen-bond donors (Lipinski definition) is 3. The van der Waals surface area contributed by atoms with Crippen molar-refractivity contribution in [1.82, 2.24) is 20.0 Å². The Kier molecular flexibility index (Phi) is 6.72. The summed E-state index contributed by atoms with van der Waals surface area (Å²) < 4.78 is 38.8. The molecule has 0 atom stereocenters. The van der Waals surface area contributed by atoms with Gasteiger partial charge < -0.3 is 16.0 Å². The van der Waals surface area contributed by atoms with Gasteiger partial charge in [-0.15, -0.1) is 0 Å². The number of nitrogens with one attached hydrogen (secondary N) is 3. The molecular formula is C25H22F3N5O2. The number of imidazole rings is 1. The van der Waals surface area contributed by atoms with Crippen molar-refractivity contribution in [2.75, 3.05) is 18.9 Å². The third-order valence-electron chi connectivity index (χ3n) is 5.28. The highest BCUT2D eigenvalue weighted by molar-refractivity contribution is 5.90. The van der Waals surface area contributed by atoms with E-state index in [0.29, 0.717) is 17.8 Å². The number of anilines is 1. The van der Waals surface area contributed by atoms with Gasteiger partial charge in [0.05, 0.1) is 18.3 Å². The van der Waals surface area contributed by atoms with E-state index in [4.69, 9.17) is 0 Å². The summed E-state index contributed by atoms with van der Waals surface area (Å²) >= 11 is 0. The number of fused-ring (bicyclic) bond motifs is 1. The molecule has 10 heteroatoms. The van der Waals surface area contributed by atoms with Gasteiger partial charge in [0.1, 0.15) is 12.2 Å². The van der Waals surface area contributed by atoms with Gasteiger partial charge in [-0.1, -0.05) is 36.4 Å². The minimum Gasteiger partial charge on any atom is -0.359 e. The van der Waals surface area contributed by atoms with Gasteiger partial charge >= 0.3 is 12.2 Å². The molecule has 0 unspecified atom stereocenters. The van der Waals surface area contributed by atoms with Gasteiger partial charge in [-0.2, -0.15) is 13.2 Å². The summed E-state index contributed by atoms with van der Waals surface area (Å²) in [5, 5.41) is 6.81. The maximum atomic E-state index is 12.3. The third-order valence-corrected chi connectivity index (χ3v) is 5.28. The normalized spacial score (nSPS) is 11.3. The molecule has 0 radical (unpaired) electrons. The van der Waals surface area contributed by atoms with Crippen molar-refractivity contribution in [3.63, 3.8) is 0 Å². The Bertz CT molecular complexity index is 1380. The summed E-state index contributed by atoms with van der Waals surface area (Å²) in [6.07, 6.45) is -0.642. The number of nitrogens with zero attached hydrogens (tertiary/aromatic N) is 2. The Morgan fingerprint density at radius 3 is 2.49 bits per heavy atom. The SMILES string of the molecule is CNC(=O)Cc1cccc(-c2ccn3c(-c4cccc(NC(=O)NCC(F)(F)F)c4)cnc3c2)c1. The van der Waals surface area contributed by atoms with E-state index in [1.807, 2.05) is 53.1 Å². The Morgan fingerprint density at radius 1 is 0.971 bits per heavy atom. The zero-order chi connectivity index (χ0) is 25.0. The van der Waals surface area contributed by atoms with Crippen LogP contribution in [-0.2, 0) is 11.2 Å². The Labute approximate surface area is 199 Å². The molecule has 0 aliphatic carbocycles. The van der Waals surface area contributed by atoms with Gasteiger partial charge in [-0.25, -0.2) is 9.78 Å². The van der Waals surface area contributed by atoms with E-state index in [0.717, 1.165) is 27.9 Å². The van der Waals surface area contributed by atoms with Gasteiger partial charge in [0.15, 0.2) is 0 Å². The first kappa shape index (κ1) is 23.8. The fourth-order valence-electron chi connectivity index (χ4n) is 3.62. The van der Waals surface area contributed by atoms with Crippen molar-refractivity contribution < 1.29 is 22.8 Å². The lowest BCUT2D eigenvalue weighted by Gasteiger charge is -2.11. The summed E-state index contributed by atoms with van der Waals surface area (Å²) in [7, 11) is 1.60. The number of amides is 3. The highest BCUT2D eigenvalue weighted by atomic mass is 19.4. The number of alkyl halides is 3. The number of carbonyl (C=O) groups excluding carboxylic acids is 2. The Balaban J connectivity index is 1.55. The maximum Gasteiger partial charge on any atom is 0.405 e. The second kappa shape index (κ2) is 9.88. The number of hydrogen-bond acceptors (Lipinski definition) is 3. The molecule has 7 nitrogen and oxygen atoms in total. The molecule has 35 heavy (non-hydrogen) atoms. The molecule has 0 bridgehead atoms. The molecule has 2 heterocycles. The van der Waals surface area contributed by atoms with Crippen LogP contribution in [0.5, 0.6) is 0 Å². The predicted octanol–water partition coefficient (Wildman–Crippen LogP) is 4.64. The largest absolute Gasteiger partial charge is 0.405 e. The van der Waals surface area contributed by atoms with Crippen LogP contribution in [0.2, 0.25) is 0 Å². The van der Waals surface area contributed by atoms with Crippen LogP contribution in [0.1, 0.15) is 5.56 Å². The molecule has 0 aliphatic rings. The summed E-state index contributed by atoms with van der Waals surface area (Å²) in [5.41, 5.74) is 5.30. The number of pyridine rings is 1. The molecule has 0 saturated heterocycles. The lowest BCUT2D eigenvalue weighted by atomic mass is 10.0. The molecular weight excluding hydrogens is 459 g/mol. The van der Waals surface area contributed by atoms with Gasteiger partial charge in [-0.3, -0.25) is 9.20 Å². The van der Waals surface area contributed by atoms with E-state index in [1.165, 1.54) is 0 Å². The number of rotatable bonds is 6. The molecule has 0 saturated carbocycles. The molecule has 2 aromatic carbocycles. The first-order valence-electron chi connectivity index (χ1n) is 10.7. The van der Waals surface area contributed by atoms with Crippen LogP contribution < -0.4 is 16.0 Å². The molecule has 180 valence electrons. The van der Waals surface area contributed by atoms with Crippen molar-refractivity contribution in [1.29, 1.82) is 0 Å². The number of urea groups is 1. The summed E-state index contributed by atoms with van der Waals surface area (Å²) in [6, 6.07) is 17.4. The minimum atomic E-state index is -4.49. The Hall–Kier alpha value is -4.34. The van der Waals surface area contributed by atoms with Crippen LogP contribution in [0.4, 0.5) is 23.7 Å². The van der Waals surface area contributed by atoms with Gasteiger partial charge in [0, 0.05) is 24.5 Å². The van der Waals surface area contributed by atoms with Crippen LogP contribution in [0.3, 0.4) is 0 Å². The second-order valence-corrected chi connectivity index (χ2v) is 7.84. The smallest absolute Gasteiger partial charge is 0.359 e. The van der Waals surface area contributed by atoms with E-state index < -0.39 is 18.8 Å². The van der Waals surface area contributed by atoms with Crippen LogP contribution >= 0.6 is 0 Å². The quantitative estimate of drug-likeness (QED) is 0.375. The van der Waals surface area contributed by atoms with Gasteiger partial charge in [-0.05, 0) is 41.0 Å². The average Bonchev–Trinajstić information content (AvgIpc) is 3.26. The van der Waals surface area contributed by atoms with Crippen LogP contribution in [-0.4, -0.2) is 41.1 Å². The molecule has 0 aliphatic heterocycles. The van der Waals surface area contributed by atoms with Crippen molar-refractivity contribution in [3.8, 4) is 22.4 Å². The van der Waals surface area contributed by atoms with Gasteiger partial charge in [0.2, 0.25) is 5.91 Å². The number of carbonyl (C=O) groups is 2. The maximum absolute atomic E-state index is 12.3. The van der Waals surface area contributed by atoms with E-state index in [9.17, 15) is 22.8 Å². The minimum absolute atomic E-state index is 0.0648. The van der Waals surface area contributed by atoms with Crippen LogP contribution in [0, 0.1) is 0 Å². The first-order chi connectivity index (χ1) is 16.7. The van der Waals surface area contributed by atoms with E-state index in [-0.39, 0.29) is 5.91 Å². The zero-order valence-corrected chi connectivity index (χ0v) is 18.7. The van der Waals surface area contributed by atoms with Crippen molar-refractivity contribution >= 4 is 23.3 Å². The van der Waals surface area contributed by atoms with E-state index in [1.54, 1.807) is 36.8 Å². The van der Waals surface area contributed by atoms with Crippen molar-refractivity contribution in [2.45, 2.75) is 12.6 Å². The molecule has 3 N–H and O–H groups in total. The van der Waals surface area contributed by atoms with E-state index in [2.05, 4.69) is 15.6 Å². The fraction of sp³-hybridized carbons (Fsp3) is 0.160. The summed E-state index contributed by atoms with van der Waals surface area (Å²) in [4.78, 5) is 28.0. The van der Waals surface area contributed by atoms with Crippen molar-refractivity contribution in [2.24, 2.45) is 0 Å².